The van der Waals surface area contributed by atoms with Crippen molar-refractivity contribution < 1.29 is 14.2 Å². The number of aromatic nitrogens is 2. The van der Waals surface area contributed by atoms with Gasteiger partial charge in [-0.15, -0.1) is 6.58 Å². The van der Waals surface area contributed by atoms with Crippen molar-refractivity contribution in [3.8, 4) is 17.0 Å². The first-order chi connectivity index (χ1) is 9.65. The van der Waals surface area contributed by atoms with E-state index in [1.54, 1.807) is 18.2 Å². The minimum Gasteiger partial charge on any atom is -0.481 e. The largest absolute Gasteiger partial charge is 0.481 e. The number of hydrogen-bond acceptors (Lipinski definition) is 4. The minimum absolute atomic E-state index is 0.331. The SMILES string of the molecule is C=CC[C@H](O)c1ccc(-c2cc(OC)ncc2F)cn1. The Morgan fingerprint density at radius 1 is 1.40 bits per heavy atom. The molecular weight excluding hydrogens is 259 g/mol. The van der Waals surface area contributed by atoms with Crippen LogP contribution in [0.3, 0.4) is 0 Å². The van der Waals surface area contributed by atoms with Crippen molar-refractivity contribution >= 4 is 0 Å². The molecule has 2 heterocycles. The number of halogens is 1. The maximum absolute atomic E-state index is 13.8. The first kappa shape index (κ1) is 14.1. The van der Waals surface area contributed by atoms with Crippen molar-refractivity contribution in [3.05, 3.63) is 54.8 Å². The van der Waals surface area contributed by atoms with Gasteiger partial charge < -0.3 is 9.84 Å². The summed E-state index contributed by atoms with van der Waals surface area (Å²) in [4.78, 5) is 7.93. The topological polar surface area (TPSA) is 55.2 Å². The van der Waals surface area contributed by atoms with E-state index in [1.165, 1.54) is 19.4 Å². The lowest BCUT2D eigenvalue weighted by Crippen LogP contribution is -1.99. The maximum Gasteiger partial charge on any atom is 0.213 e. The van der Waals surface area contributed by atoms with Crippen molar-refractivity contribution in [1.82, 2.24) is 9.97 Å². The second-order valence-corrected chi connectivity index (χ2v) is 4.22. The molecule has 0 spiro atoms. The van der Waals surface area contributed by atoms with Crippen molar-refractivity contribution in [1.29, 1.82) is 0 Å². The Balaban J connectivity index is 2.32. The molecule has 0 fully saturated rings. The Labute approximate surface area is 116 Å². The van der Waals surface area contributed by atoms with Crippen molar-refractivity contribution in [2.75, 3.05) is 7.11 Å². The molecule has 0 aliphatic rings. The molecule has 0 aliphatic heterocycles. The van der Waals surface area contributed by atoms with Gasteiger partial charge in [-0.25, -0.2) is 9.37 Å². The van der Waals surface area contributed by atoms with Gasteiger partial charge in [0.15, 0.2) is 0 Å². The van der Waals surface area contributed by atoms with Gasteiger partial charge in [-0.2, -0.15) is 0 Å². The average Bonchev–Trinajstić information content (AvgIpc) is 2.48. The van der Waals surface area contributed by atoms with Gasteiger partial charge in [-0.05, 0) is 12.5 Å². The molecule has 2 aromatic rings. The van der Waals surface area contributed by atoms with Gasteiger partial charge in [-0.1, -0.05) is 12.1 Å². The van der Waals surface area contributed by atoms with E-state index < -0.39 is 11.9 Å². The zero-order chi connectivity index (χ0) is 14.5. The quantitative estimate of drug-likeness (QED) is 0.852. The lowest BCUT2D eigenvalue weighted by atomic mass is 10.1. The molecule has 20 heavy (non-hydrogen) atoms. The molecule has 0 aliphatic carbocycles. The smallest absolute Gasteiger partial charge is 0.213 e. The Kier molecular flexibility index (Phi) is 4.42. The van der Waals surface area contributed by atoms with Gasteiger partial charge in [0.2, 0.25) is 5.88 Å². The Bertz CT molecular complexity index is 599. The van der Waals surface area contributed by atoms with E-state index in [2.05, 4.69) is 16.5 Å². The number of aliphatic hydroxyl groups excluding tert-OH is 1. The molecule has 1 N–H and O–H groups in total. The van der Waals surface area contributed by atoms with Gasteiger partial charge >= 0.3 is 0 Å². The second kappa shape index (κ2) is 6.25. The monoisotopic (exact) mass is 274 g/mol. The predicted octanol–water partition coefficient (Wildman–Crippen LogP) is 2.90. The molecule has 2 rings (SSSR count). The summed E-state index contributed by atoms with van der Waals surface area (Å²) >= 11 is 0. The van der Waals surface area contributed by atoms with Crippen LogP contribution in [-0.4, -0.2) is 22.2 Å². The third kappa shape index (κ3) is 3.00. The Hall–Kier alpha value is -2.27. The molecule has 2 aromatic heterocycles. The van der Waals surface area contributed by atoms with Crippen LogP contribution >= 0.6 is 0 Å². The van der Waals surface area contributed by atoms with E-state index in [0.717, 1.165) is 6.20 Å². The Morgan fingerprint density at radius 2 is 2.20 bits per heavy atom. The molecule has 5 heteroatoms. The van der Waals surface area contributed by atoms with E-state index in [0.29, 0.717) is 29.1 Å². The highest BCUT2D eigenvalue weighted by atomic mass is 19.1. The molecular formula is C15H15FN2O2. The zero-order valence-corrected chi connectivity index (χ0v) is 11.1. The molecule has 0 aromatic carbocycles. The van der Waals surface area contributed by atoms with Crippen LogP contribution in [0.2, 0.25) is 0 Å². The van der Waals surface area contributed by atoms with Crippen LogP contribution in [0.5, 0.6) is 5.88 Å². The van der Waals surface area contributed by atoms with E-state index >= 15 is 0 Å². The van der Waals surface area contributed by atoms with Gasteiger partial charge in [0, 0.05) is 23.4 Å². The molecule has 0 saturated heterocycles. The van der Waals surface area contributed by atoms with Crippen molar-refractivity contribution in [2.45, 2.75) is 12.5 Å². The summed E-state index contributed by atoms with van der Waals surface area (Å²) in [5.74, 6) is -0.121. The zero-order valence-electron chi connectivity index (χ0n) is 11.1. The maximum atomic E-state index is 13.8. The van der Waals surface area contributed by atoms with Crippen LogP contribution < -0.4 is 4.74 Å². The summed E-state index contributed by atoms with van der Waals surface area (Å²) in [5, 5.41) is 9.78. The van der Waals surface area contributed by atoms with Crippen LogP contribution in [0.25, 0.3) is 11.1 Å². The summed E-state index contributed by atoms with van der Waals surface area (Å²) in [6.45, 7) is 3.56. The van der Waals surface area contributed by atoms with Crippen molar-refractivity contribution in [2.24, 2.45) is 0 Å². The molecule has 0 radical (unpaired) electrons. The lowest BCUT2D eigenvalue weighted by Gasteiger charge is -2.09. The normalized spacial score (nSPS) is 11.9. The van der Waals surface area contributed by atoms with Crippen LogP contribution in [0.15, 0.2) is 43.2 Å². The second-order valence-electron chi connectivity index (χ2n) is 4.22. The molecule has 0 unspecified atom stereocenters. The fourth-order valence-corrected chi connectivity index (χ4v) is 1.79. The van der Waals surface area contributed by atoms with Crippen LogP contribution in [0, 0.1) is 5.82 Å². The lowest BCUT2D eigenvalue weighted by molar-refractivity contribution is 0.177. The summed E-state index contributed by atoms with van der Waals surface area (Å²) in [6.07, 6.45) is 3.96. The first-order valence-electron chi connectivity index (χ1n) is 6.10. The highest BCUT2D eigenvalue weighted by Crippen LogP contribution is 2.26. The predicted molar refractivity (Wildman–Crippen MR) is 73.8 cm³/mol. The van der Waals surface area contributed by atoms with Crippen LogP contribution in [0.4, 0.5) is 4.39 Å². The van der Waals surface area contributed by atoms with Gasteiger partial charge in [0.05, 0.1) is 25.1 Å². The number of ether oxygens (including phenoxy) is 1. The third-order valence-electron chi connectivity index (χ3n) is 2.87. The third-order valence-corrected chi connectivity index (χ3v) is 2.87. The van der Waals surface area contributed by atoms with Crippen LogP contribution in [0.1, 0.15) is 18.2 Å². The molecule has 104 valence electrons. The number of aliphatic hydroxyl groups is 1. The highest BCUT2D eigenvalue weighted by molar-refractivity contribution is 5.64. The van der Waals surface area contributed by atoms with E-state index in [4.69, 9.17) is 4.74 Å². The molecule has 0 amide bonds. The number of nitrogens with zero attached hydrogens (tertiary/aromatic N) is 2. The summed E-state index contributed by atoms with van der Waals surface area (Å²) < 4.78 is 18.7. The minimum atomic E-state index is -0.696. The van der Waals surface area contributed by atoms with E-state index in [9.17, 15) is 9.50 Å². The number of rotatable bonds is 5. The standard InChI is InChI=1S/C15H15FN2O2/c1-3-4-14(19)13-6-5-10(8-17-13)11-7-15(20-2)18-9-12(11)16/h3,5-9,14,19H,1,4H2,2H3/t14-/m0/s1. The van der Waals surface area contributed by atoms with Crippen molar-refractivity contribution in [3.63, 3.8) is 0 Å². The number of pyridine rings is 2. The molecule has 1 atom stereocenters. The van der Waals surface area contributed by atoms with Crippen LogP contribution in [-0.2, 0) is 0 Å². The molecule has 4 nitrogen and oxygen atoms in total. The van der Waals surface area contributed by atoms with Gasteiger partial charge in [0.25, 0.3) is 0 Å². The highest BCUT2D eigenvalue weighted by Gasteiger charge is 2.11. The van der Waals surface area contributed by atoms with Gasteiger partial charge in [0.1, 0.15) is 5.82 Å². The number of methoxy groups -OCH3 is 1. The first-order valence-corrected chi connectivity index (χ1v) is 6.10. The average molecular weight is 274 g/mol. The fraction of sp³-hybridized carbons (Fsp3) is 0.200. The van der Waals surface area contributed by atoms with Gasteiger partial charge in [-0.3, -0.25) is 4.98 Å². The van der Waals surface area contributed by atoms with E-state index in [1.807, 2.05) is 0 Å². The summed E-state index contributed by atoms with van der Waals surface area (Å²) in [7, 11) is 1.47. The number of hydrogen-bond donors (Lipinski definition) is 1. The van der Waals surface area contributed by atoms with E-state index in [-0.39, 0.29) is 0 Å². The fourth-order valence-electron chi connectivity index (χ4n) is 1.79. The Morgan fingerprint density at radius 3 is 2.80 bits per heavy atom. The molecule has 0 saturated carbocycles. The summed E-state index contributed by atoms with van der Waals surface area (Å²) in [6, 6.07) is 4.87. The molecule has 0 bridgehead atoms. The summed E-state index contributed by atoms with van der Waals surface area (Å²) in [5.41, 5.74) is 1.47.